The van der Waals surface area contributed by atoms with Crippen molar-refractivity contribution in [2.45, 2.75) is 12.8 Å². The highest BCUT2D eigenvalue weighted by atomic mass is 33.1. The molecule has 0 atom stereocenters. The molecule has 0 unspecified atom stereocenters. The number of carbonyl (C=O) groups is 2. The van der Waals surface area contributed by atoms with Crippen molar-refractivity contribution in [2.75, 3.05) is 11.5 Å². The molecule has 0 radical (unpaired) electrons. The fourth-order valence-electron chi connectivity index (χ4n) is 0.402. The van der Waals surface area contributed by atoms with Crippen LogP contribution in [0.2, 0.25) is 0 Å². The number of hydrogen-bond acceptors (Lipinski definition) is 4. The van der Waals surface area contributed by atoms with Crippen LogP contribution >= 0.6 is 21.6 Å². The average Bonchev–Trinajstić information content (AvgIpc) is 1.95. The molecule has 0 aliphatic carbocycles. The van der Waals surface area contributed by atoms with E-state index in [1.54, 1.807) is 0 Å². The van der Waals surface area contributed by atoms with Crippen LogP contribution in [0.15, 0.2) is 0 Å². The van der Waals surface area contributed by atoms with Crippen molar-refractivity contribution >= 4 is 33.4 Å². The van der Waals surface area contributed by atoms with E-state index in [-0.39, 0.29) is 11.8 Å². The fourth-order valence-corrected chi connectivity index (χ4v) is 2.41. The SMILES string of the molecule is NC(=O)CCSSCCC(N)=O. The Morgan fingerprint density at radius 1 is 0.917 bits per heavy atom. The molecule has 0 fully saturated rings. The summed E-state index contributed by atoms with van der Waals surface area (Å²) < 4.78 is 0. The molecule has 4 nitrogen and oxygen atoms in total. The standard InChI is InChI=1S/C6H12N2O2S2/c7-5(9)1-3-11-12-4-2-6(8)10/h1-4H2,(H2,7,9)(H2,8,10). The van der Waals surface area contributed by atoms with Gasteiger partial charge in [0, 0.05) is 24.3 Å². The van der Waals surface area contributed by atoms with Crippen molar-refractivity contribution < 1.29 is 9.59 Å². The normalized spacial score (nSPS) is 9.67. The van der Waals surface area contributed by atoms with Gasteiger partial charge < -0.3 is 11.5 Å². The quantitative estimate of drug-likeness (QED) is 0.459. The molecule has 2 amide bonds. The van der Waals surface area contributed by atoms with Crippen LogP contribution < -0.4 is 11.5 Å². The van der Waals surface area contributed by atoms with Crippen LogP contribution in [0.1, 0.15) is 12.8 Å². The molecule has 0 spiro atoms. The zero-order valence-electron chi connectivity index (χ0n) is 6.62. The zero-order chi connectivity index (χ0) is 9.40. The molecule has 0 aliphatic rings. The van der Waals surface area contributed by atoms with Gasteiger partial charge in [-0.3, -0.25) is 9.59 Å². The number of rotatable bonds is 7. The Kier molecular flexibility index (Phi) is 7.08. The molecule has 0 aliphatic heterocycles. The summed E-state index contributed by atoms with van der Waals surface area (Å²) in [5.74, 6) is 0.799. The van der Waals surface area contributed by atoms with Gasteiger partial charge in [-0.05, 0) is 0 Å². The third-order valence-electron chi connectivity index (χ3n) is 0.947. The lowest BCUT2D eigenvalue weighted by atomic mass is 10.5. The van der Waals surface area contributed by atoms with Gasteiger partial charge >= 0.3 is 0 Å². The molecular formula is C6H12N2O2S2. The van der Waals surface area contributed by atoms with Crippen LogP contribution in [0.4, 0.5) is 0 Å². The van der Waals surface area contributed by atoms with Crippen LogP contribution in [-0.4, -0.2) is 23.3 Å². The first-order valence-corrected chi connectivity index (χ1v) is 5.92. The monoisotopic (exact) mass is 208 g/mol. The Bertz CT molecular complexity index is 146. The van der Waals surface area contributed by atoms with Gasteiger partial charge in [0.25, 0.3) is 0 Å². The summed E-state index contributed by atoms with van der Waals surface area (Å²) in [6, 6.07) is 0. The third-order valence-corrected chi connectivity index (χ3v) is 3.36. The molecule has 4 N–H and O–H groups in total. The second kappa shape index (κ2) is 7.30. The molecule has 0 rings (SSSR count). The van der Waals surface area contributed by atoms with Gasteiger partial charge in [0.05, 0.1) is 0 Å². The number of primary amides is 2. The number of carbonyl (C=O) groups excluding carboxylic acids is 2. The highest BCUT2D eigenvalue weighted by Gasteiger charge is 1.97. The molecular weight excluding hydrogens is 196 g/mol. The van der Waals surface area contributed by atoms with Crippen molar-refractivity contribution in [2.24, 2.45) is 11.5 Å². The van der Waals surface area contributed by atoms with E-state index in [9.17, 15) is 9.59 Å². The smallest absolute Gasteiger partial charge is 0.218 e. The highest BCUT2D eigenvalue weighted by Crippen LogP contribution is 2.22. The lowest BCUT2D eigenvalue weighted by Crippen LogP contribution is -2.11. The minimum absolute atomic E-state index is 0.294. The summed E-state index contributed by atoms with van der Waals surface area (Å²) in [6.45, 7) is 0. The summed E-state index contributed by atoms with van der Waals surface area (Å²) in [7, 11) is 3.06. The van der Waals surface area contributed by atoms with Crippen molar-refractivity contribution in [3.63, 3.8) is 0 Å². The van der Waals surface area contributed by atoms with E-state index in [1.165, 1.54) is 21.6 Å². The minimum atomic E-state index is -0.294. The van der Waals surface area contributed by atoms with Crippen molar-refractivity contribution in [1.82, 2.24) is 0 Å². The molecule has 0 aromatic heterocycles. The van der Waals surface area contributed by atoms with E-state index in [4.69, 9.17) is 11.5 Å². The second-order valence-electron chi connectivity index (χ2n) is 2.08. The lowest BCUT2D eigenvalue weighted by molar-refractivity contribution is -0.118. The Morgan fingerprint density at radius 2 is 1.25 bits per heavy atom. The molecule has 0 saturated carbocycles. The van der Waals surface area contributed by atoms with E-state index in [1.807, 2.05) is 0 Å². The van der Waals surface area contributed by atoms with Gasteiger partial charge in [0.15, 0.2) is 0 Å². The summed E-state index contributed by atoms with van der Waals surface area (Å²) in [4.78, 5) is 20.5. The molecule has 0 aromatic carbocycles. The molecule has 70 valence electrons. The third kappa shape index (κ3) is 9.64. The van der Waals surface area contributed by atoms with Crippen LogP contribution in [0.3, 0.4) is 0 Å². The predicted octanol–water partition coefficient (Wildman–Crippen LogP) is 0.119. The van der Waals surface area contributed by atoms with Gasteiger partial charge in [-0.15, -0.1) is 0 Å². The van der Waals surface area contributed by atoms with Crippen LogP contribution in [-0.2, 0) is 9.59 Å². The van der Waals surface area contributed by atoms with Crippen LogP contribution in [0.5, 0.6) is 0 Å². The summed E-state index contributed by atoms with van der Waals surface area (Å²) in [5, 5.41) is 0. The molecule has 6 heteroatoms. The Labute approximate surface area is 79.2 Å². The van der Waals surface area contributed by atoms with Gasteiger partial charge in [-0.1, -0.05) is 21.6 Å². The Balaban J connectivity index is 3.01. The second-order valence-corrected chi connectivity index (χ2v) is 4.78. The first-order valence-electron chi connectivity index (χ1n) is 3.44. The maximum absolute atomic E-state index is 10.3. The van der Waals surface area contributed by atoms with Crippen molar-refractivity contribution in [3.8, 4) is 0 Å². The molecule has 12 heavy (non-hydrogen) atoms. The van der Waals surface area contributed by atoms with Gasteiger partial charge in [-0.25, -0.2) is 0 Å². The highest BCUT2D eigenvalue weighted by molar-refractivity contribution is 8.76. The van der Waals surface area contributed by atoms with E-state index < -0.39 is 0 Å². The molecule has 0 heterocycles. The van der Waals surface area contributed by atoms with Crippen molar-refractivity contribution in [3.05, 3.63) is 0 Å². The van der Waals surface area contributed by atoms with Gasteiger partial charge in [-0.2, -0.15) is 0 Å². The van der Waals surface area contributed by atoms with E-state index in [0.717, 1.165) is 0 Å². The predicted molar refractivity (Wildman–Crippen MR) is 52.5 cm³/mol. The van der Waals surface area contributed by atoms with E-state index in [2.05, 4.69) is 0 Å². The zero-order valence-corrected chi connectivity index (χ0v) is 8.25. The fraction of sp³-hybridized carbons (Fsp3) is 0.667. The van der Waals surface area contributed by atoms with E-state index in [0.29, 0.717) is 24.3 Å². The summed E-state index contributed by atoms with van der Waals surface area (Å²) >= 11 is 0. The topological polar surface area (TPSA) is 86.2 Å². The van der Waals surface area contributed by atoms with E-state index >= 15 is 0 Å². The number of nitrogens with two attached hydrogens (primary N) is 2. The number of amides is 2. The molecule has 0 saturated heterocycles. The first kappa shape index (κ1) is 11.6. The Hall–Kier alpha value is -0.360. The largest absolute Gasteiger partial charge is 0.370 e. The van der Waals surface area contributed by atoms with Crippen LogP contribution in [0.25, 0.3) is 0 Å². The van der Waals surface area contributed by atoms with Crippen molar-refractivity contribution in [1.29, 1.82) is 0 Å². The summed E-state index contributed by atoms with van der Waals surface area (Å²) in [6.07, 6.45) is 0.766. The lowest BCUT2D eigenvalue weighted by Gasteiger charge is -1.96. The Morgan fingerprint density at radius 3 is 1.50 bits per heavy atom. The maximum Gasteiger partial charge on any atom is 0.218 e. The van der Waals surface area contributed by atoms with Crippen LogP contribution in [0, 0.1) is 0 Å². The molecule has 0 aromatic rings. The first-order chi connectivity index (χ1) is 5.63. The minimum Gasteiger partial charge on any atom is -0.370 e. The van der Waals surface area contributed by atoms with Gasteiger partial charge in [0.2, 0.25) is 11.8 Å². The maximum atomic E-state index is 10.3. The molecule has 0 bridgehead atoms. The summed E-state index contributed by atoms with van der Waals surface area (Å²) in [5.41, 5.74) is 9.84. The number of hydrogen-bond donors (Lipinski definition) is 2. The van der Waals surface area contributed by atoms with Gasteiger partial charge in [0.1, 0.15) is 0 Å². The average molecular weight is 208 g/mol.